The molecule has 1 aliphatic heterocycles. The maximum absolute atomic E-state index is 12.6. The van der Waals surface area contributed by atoms with Gasteiger partial charge in [0, 0.05) is 18.0 Å². The Morgan fingerprint density at radius 3 is 2.44 bits per heavy atom. The topological polar surface area (TPSA) is 20.3 Å². The van der Waals surface area contributed by atoms with Crippen LogP contribution in [0.25, 0.3) is 0 Å². The number of likely N-dealkylation sites (tertiary alicyclic amines) is 1. The minimum Gasteiger partial charge on any atom is -0.338 e. The van der Waals surface area contributed by atoms with Crippen molar-refractivity contribution < 1.29 is 4.79 Å². The highest BCUT2D eigenvalue weighted by molar-refractivity contribution is 7.98. The van der Waals surface area contributed by atoms with Gasteiger partial charge in [0.15, 0.2) is 0 Å². The number of amides is 1. The molecule has 1 heterocycles. The van der Waals surface area contributed by atoms with Crippen LogP contribution < -0.4 is 0 Å². The van der Waals surface area contributed by atoms with Gasteiger partial charge in [-0.15, -0.1) is 11.8 Å². The van der Waals surface area contributed by atoms with Crippen molar-refractivity contribution in [2.75, 3.05) is 19.3 Å². The molecule has 2 atom stereocenters. The molecule has 18 heavy (non-hydrogen) atoms. The summed E-state index contributed by atoms with van der Waals surface area (Å²) < 4.78 is 0. The molecule has 0 bridgehead atoms. The van der Waals surface area contributed by atoms with Crippen molar-refractivity contribution in [3.05, 3.63) is 29.8 Å². The second-order valence-corrected chi connectivity index (χ2v) is 6.20. The van der Waals surface area contributed by atoms with E-state index in [9.17, 15) is 4.79 Å². The van der Waals surface area contributed by atoms with Crippen LogP contribution >= 0.6 is 11.8 Å². The summed E-state index contributed by atoms with van der Waals surface area (Å²) in [5, 5.41) is 0. The van der Waals surface area contributed by atoms with Crippen LogP contribution in [0.5, 0.6) is 0 Å². The minimum atomic E-state index is 0.193. The third-order valence-corrected chi connectivity index (χ3v) is 4.29. The molecule has 0 N–H and O–H groups in total. The molecule has 2 nitrogen and oxygen atoms in total. The lowest BCUT2D eigenvalue weighted by Gasteiger charge is -2.35. The fourth-order valence-electron chi connectivity index (χ4n) is 2.82. The zero-order valence-electron chi connectivity index (χ0n) is 11.3. The molecule has 1 amide bonds. The number of benzene rings is 1. The molecule has 0 unspecified atom stereocenters. The molecule has 98 valence electrons. The Balaban J connectivity index is 2.20. The molecule has 3 heteroatoms. The van der Waals surface area contributed by atoms with E-state index < -0.39 is 0 Å². The van der Waals surface area contributed by atoms with Crippen molar-refractivity contribution in [2.45, 2.75) is 25.2 Å². The smallest absolute Gasteiger partial charge is 0.255 e. The average molecular weight is 263 g/mol. The monoisotopic (exact) mass is 263 g/mol. The van der Waals surface area contributed by atoms with Crippen LogP contribution in [0.3, 0.4) is 0 Å². The van der Waals surface area contributed by atoms with Gasteiger partial charge in [0.25, 0.3) is 5.91 Å². The number of rotatable bonds is 2. The number of carbonyl (C=O) groups excluding carboxylic acids is 1. The highest BCUT2D eigenvalue weighted by Crippen LogP contribution is 2.26. The van der Waals surface area contributed by atoms with E-state index in [0.717, 1.165) is 23.5 Å². The first-order valence-corrected chi connectivity index (χ1v) is 7.76. The van der Waals surface area contributed by atoms with E-state index in [4.69, 9.17) is 0 Å². The lowest BCUT2D eigenvalue weighted by molar-refractivity contribution is 0.0619. The molecule has 1 fully saturated rings. The van der Waals surface area contributed by atoms with Crippen molar-refractivity contribution in [1.82, 2.24) is 4.90 Å². The summed E-state index contributed by atoms with van der Waals surface area (Å²) in [5.41, 5.74) is 0.853. The van der Waals surface area contributed by atoms with Gasteiger partial charge in [-0.2, -0.15) is 0 Å². The summed E-state index contributed by atoms with van der Waals surface area (Å²) in [5.74, 6) is 1.41. The summed E-state index contributed by atoms with van der Waals surface area (Å²) in [6, 6.07) is 7.90. The van der Waals surface area contributed by atoms with Gasteiger partial charge in [0.1, 0.15) is 0 Å². The number of carbonyl (C=O) groups is 1. The van der Waals surface area contributed by atoms with E-state index in [2.05, 4.69) is 13.8 Å². The van der Waals surface area contributed by atoms with Crippen LogP contribution in [0, 0.1) is 11.8 Å². The number of thioether (sulfide) groups is 1. The largest absolute Gasteiger partial charge is 0.338 e. The van der Waals surface area contributed by atoms with Crippen molar-refractivity contribution in [3.63, 3.8) is 0 Å². The molecule has 0 saturated carbocycles. The Kier molecular flexibility index (Phi) is 4.33. The second-order valence-electron chi connectivity index (χ2n) is 5.36. The van der Waals surface area contributed by atoms with Crippen LogP contribution in [-0.4, -0.2) is 30.2 Å². The number of hydrogen-bond acceptors (Lipinski definition) is 2. The SMILES string of the molecule is CSc1ccccc1C(=O)N1C[C@@H](C)C[C@H](C)C1. The third kappa shape index (κ3) is 2.89. The van der Waals surface area contributed by atoms with Crippen molar-refractivity contribution in [3.8, 4) is 0 Å². The molecule has 1 aliphatic rings. The van der Waals surface area contributed by atoms with E-state index in [0.29, 0.717) is 11.8 Å². The van der Waals surface area contributed by atoms with Gasteiger partial charge in [-0.05, 0) is 36.6 Å². The average Bonchev–Trinajstić information content (AvgIpc) is 2.36. The molecule has 1 aromatic rings. The van der Waals surface area contributed by atoms with Gasteiger partial charge in [-0.25, -0.2) is 0 Å². The second kappa shape index (κ2) is 5.79. The Morgan fingerprint density at radius 1 is 1.22 bits per heavy atom. The minimum absolute atomic E-state index is 0.193. The number of hydrogen-bond donors (Lipinski definition) is 0. The zero-order valence-corrected chi connectivity index (χ0v) is 12.2. The summed E-state index contributed by atoms with van der Waals surface area (Å²) >= 11 is 1.64. The van der Waals surface area contributed by atoms with Crippen LogP contribution in [0.4, 0.5) is 0 Å². The van der Waals surface area contributed by atoms with Crippen LogP contribution in [-0.2, 0) is 0 Å². The molecule has 1 saturated heterocycles. The first-order valence-electron chi connectivity index (χ1n) is 6.54. The molecular weight excluding hydrogens is 242 g/mol. The fraction of sp³-hybridized carbons (Fsp3) is 0.533. The van der Waals surface area contributed by atoms with Crippen molar-refractivity contribution in [2.24, 2.45) is 11.8 Å². The third-order valence-electron chi connectivity index (χ3n) is 3.49. The summed E-state index contributed by atoms with van der Waals surface area (Å²) in [6.45, 7) is 6.25. The predicted molar refractivity (Wildman–Crippen MR) is 77.1 cm³/mol. The maximum atomic E-state index is 12.6. The van der Waals surface area contributed by atoms with Gasteiger partial charge in [0.2, 0.25) is 0 Å². The normalized spacial score (nSPS) is 24.1. The van der Waals surface area contributed by atoms with Crippen molar-refractivity contribution in [1.29, 1.82) is 0 Å². The van der Waals surface area contributed by atoms with E-state index in [1.807, 2.05) is 35.4 Å². The molecule has 2 rings (SSSR count). The first kappa shape index (κ1) is 13.5. The van der Waals surface area contributed by atoms with Crippen LogP contribution in [0.1, 0.15) is 30.6 Å². The number of piperidine rings is 1. The lowest BCUT2D eigenvalue weighted by Crippen LogP contribution is -2.42. The highest BCUT2D eigenvalue weighted by atomic mass is 32.2. The van der Waals surface area contributed by atoms with E-state index in [1.54, 1.807) is 11.8 Å². The molecule has 1 aromatic carbocycles. The van der Waals surface area contributed by atoms with Gasteiger partial charge >= 0.3 is 0 Å². The highest BCUT2D eigenvalue weighted by Gasteiger charge is 2.26. The molecular formula is C15H21NOS. The molecule has 0 aliphatic carbocycles. The molecule has 0 radical (unpaired) electrons. The summed E-state index contributed by atoms with van der Waals surface area (Å²) in [6.07, 6.45) is 3.25. The Labute approximate surface area is 114 Å². The number of nitrogens with zero attached hydrogens (tertiary/aromatic N) is 1. The Bertz CT molecular complexity index is 422. The fourth-order valence-corrected chi connectivity index (χ4v) is 3.41. The summed E-state index contributed by atoms with van der Waals surface area (Å²) in [7, 11) is 0. The zero-order chi connectivity index (χ0) is 13.1. The molecule has 0 spiro atoms. The van der Waals surface area contributed by atoms with E-state index in [1.165, 1.54) is 6.42 Å². The van der Waals surface area contributed by atoms with Gasteiger partial charge in [0.05, 0.1) is 5.56 Å². The Hall–Kier alpha value is -0.960. The van der Waals surface area contributed by atoms with E-state index >= 15 is 0 Å². The lowest BCUT2D eigenvalue weighted by atomic mass is 9.91. The van der Waals surface area contributed by atoms with Gasteiger partial charge < -0.3 is 4.90 Å². The van der Waals surface area contributed by atoms with Gasteiger partial charge in [-0.1, -0.05) is 26.0 Å². The van der Waals surface area contributed by atoms with Crippen LogP contribution in [0.2, 0.25) is 0 Å². The van der Waals surface area contributed by atoms with Crippen molar-refractivity contribution >= 4 is 17.7 Å². The van der Waals surface area contributed by atoms with Crippen LogP contribution in [0.15, 0.2) is 29.2 Å². The standard InChI is InChI=1S/C15H21NOS/c1-11-8-12(2)10-16(9-11)15(17)13-6-4-5-7-14(13)18-3/h4-7,11-12H,8-10H2,1-3H3/t11-,12-/m0/s1. The quantitative estimate of drug-likeness (QED) is 0.761. The molecule has 0 aromatic heterocycles. The van der Waals surface area contributed by atoms with E-state index in [-0.39, 0.29) is 5.91 Å². The predicted octanol–water partition coefficient (Wildman–Crippen LogP) is 3.53. The first-order chi connectivity index (χ1) is 8.61. The van der Waals surface area contributed by atoms with Gasteiger partial charge in [-0.3, -0.25) is 4.79 Å². The Morgan fingerprint density at radius 2 is 1.83 bits per heavy atom. The maximum Gasteiger partial charge on any atom is 0.255 e. The summed E-state index contributed by atoms with van der Waals surface area (Å²) in [4.78, 5) is 15.7.